The lowest BCUT2D eigenvalue weighted by atomic mass is 10.1. The summed E-state index contributed by atoms with van der Waals surface area (Å²) in [6.45, 7) is 2.29. The number of alkyl halides is 1. The van der Waals surface area contributed by atoms with Gasteiger partial charge in [-0.2, -0.15) is 0 Å². The van der Waals surface area contributed by atoms with Gasteiger partial charge in [0.1, 0.15) is 11.5 Å². The number of carboxylic acid groups (broad SMARTS) is 1. The zero-order valence-electron chi connectivity index (χ0n) is 11.1. The molecule has 20 heavy (non-hydrogen) atoms. The fourth-order valence-electron chi connectivity index (χ4n) is 2.17. The van der Waals surface area contributed by atoms with Crippen LogP contribution in [0.3, 0.4) is 0 Å². The van der Waals surface area contributed by atoms with E-state index in [9.17, 15) is 4.79 Å². The van der Waals surface area contributed by atoms with Gasteiger partial charge in [0.05, 0.1) is 13.2 Å². The van der Waals surface area contributed by atoms with Gasteiger partial charge in [0.2, 0.25) is 0 Å². The van der Waals surface area contributed by atoms with Gasteiger partial charge in [-0.25, -0.2) is 4.79 Å². The fourth-order valence-corrected chi connectivity index (χ4v) is 2.33. The van der Waals surface area contributed by atoms with Crippen molar-refractivity contribution < 1.29 is 19.4 Å². The molecule has 1 fully saturated rings. The number of halogens is 1. The molecule has 0 aromatic heterocycles. The minimum absolute atomic E-state index is 0.262. The lowest BCUT2D eigenvalue weighted by Crippen LogP contribution is -2.27. The molecule has 1 aliphatic heterocycles. The summed E-state index contributed by atoms with van der Waals surface area (Å²) in [5.74, 6) is 1.80. The largest absolute Gasteiger partial charge is 0.493 e. The molecule has 1 aliphatic rings. The van der Waals surface area contributed by atoms with Crippen LogP contribution < -0.4 is 9.47 Å². The molecule has 0 radical (unpaired) electrons. The molecule has 1 aromatic rings. The Morgan fingerprint density at radius 2 is 2.15 bits per heavy atom. The highest BCUT2D eigenvalue weighted by Crippen LogP contribution is 2.22. The summed E-state index contributed by atoms with van der Waals surface area (Å²) in [6, 6.07) is 7.51. The standard InChI is InChI=1S/C14H18BrNO4/c15-5-7-19-12-2-1-3-13(8-12)20-10-11-4-6-16(9-11)14(17)18/h1-3,8,11H,4-7,9-10H2,(H,17,18)/t11-/m1/s1. The second kappa shape index (κ2) is 7.38. The van der Waals surface area contributed by atoms with Crippen LogP contribution in [0.15, 0.2) is 24.3 Å². The van der Waals surface area contributed by atoms with Crippen molar-refractivity contribution in [1.29, 1.82) is 0 Å². The number of hydrogen-bond donors (Lipinski definition) is 1. The van der Waals surface area contributed by atoms with Crippen LogP contribution in [0.1, 0.15) is 6.42 Å². The highest BCUT2D eigenvalue weighted by molar-refractivity contribution is 9.09. The third-order valence-electron chi connectivity index (χ3n) is 3.19. The molecule has 1 amide bonds. The Kier molecular flexibility index (Phi) is 5.52. The zero-order valence-corrected chi connectivity index (χ0v) is 12.7. The summed E-state index contributed by atoms with van der Waals surface area (Å²) >= 11 is 3.31. The van der Waals surface area contributed by atoms with Crippen molar-refractivity contribution in [2.24, 2.45) is 5.92 Å². The number of benzene rings is 1. The molecule has 1 saturated heterocycles. The van der Waals surface area contributed by atoms with Crippen LogP contribution in [0.4, 0.5) is 4.79 Å². The summed E-state index contributed by atoms with van der Waals surface area (Å²) in [5, 5.41) is 9.68. The molecule has 1 atom stereocenters. The Bertz CT molecular complexity index is 455. The first kappa shape index (κ1) is 15.0. The number of rotatable bonds is 6. The molecule has 110 valence electrons. The molecule has 0 bridgehead atoms. The van der Waals surface area contributed by atoms with Gasteiger partial charge in [-0.3, -0.25) is 0 Å². The van der Waals surface area contributed by atoms with Gasteiger partial charge in [-0.05, 0) is 18.6 Å². The van der Waals surface area contributed by atoms with Gasteiger partial charge >= 0.3 is 6.09 Å². The van der Waals surface area contributed by atoms with Gasteiger partial charge in [-0.15, -0.1) is 0 Å². The van der Waals surface area contributed by atoms with Crippen molar-refractivity contribution in [3.63, 3.8) is 0 Å². The first-order valence-electron chi connectivity index (χ1n) is 6.58. The van der Waals surface area contributed by atoms with Crippen LogP contribution in [0, 0.1) is 5.92 Å². The third kappa shape index (κ3) is 4.30. The van der Waals surface area contributed by atoms with E-state index in [0.717, 1.165) is 23.2 Å². The van der Waals surface area contributed by atoms with Crippen LogP contribution in [0.5, 0.6) is 11.5 Å². The van der Waals surface area contributed by atoms with E-state index in [0.29, 0.717) is 26.3 Å². The van der Waals surface area contributed by atoms with Crippen LogP contribution in [0.25, 0.3) is 0 Å². The predicted molar refractivity (Wildman–Crippen MR) is 78.9 cm³/mol. The van der Waals surface area contributed by atoms with Crippen LogP contribution in [-0.4, -0.2) is 47.7 Å². The normalized spacial score (nSPS) is 18.1. The van der Waals surface area contributed by atoms with E-state index in [1.165, 1.54) is 4.90 Å². The van der Waals surface area contributed by atoms with Crippen molar-refractivity contribution in [3.8, 4) is 11.5 Å². The molecule has 1 N–H and O–H groups in total. The molecule has 1 aromatic carbocycles. The molecular formula is C14H18BrNO4. The van der Waals surface area contributed by atoms with E-state index in [1.54, 1.807) is 0 Å². The molecule has 5 nitrogen and oxygen atoms in total. The maximum absolute atomic E-state index is 10.8. The minimum atomic E-state index is -0.849. The molecule has 1 heterocycles. The lowest BCUT2D eigenvalue weighted by Gasteiger charge is -2.14. The number of amides is 1. The maximum Gasteiger partial charge on any atom is 0.407 e. The molecule has 0 spiro atoms. The van der Waals surface area contributed by atoms with Gasteiger partial charge < -0.3 is 19.5 Å². The fraction of sp³-hybridized carbons (Fsp3) is 0.500. The molecular weight excluding hydrogens is 326 g/mol. The topological polar surface area (TPSA) is 59.0 Å². The number of carbonyl (C=O) groups is 1. The molecule has 0 aliphatic carbocycles. The van der Waals surface area contributed by atoms with E-state index in [-0.39, 0.29) is 5.92 Å². The van der Waals surface area contributed by atoms with E-state index >= 15 is 0 Å². The maximum atomic E-state index is 10.8. The van der Waals surface area contributed by atoms with Crippen molar-refractivity contribution in [1.82, 2.24) is 4.90 Å². The van der Waals surface area contributed by atoms with Crippen LogP contribution >= 0.6 is 15.9 Å². The summed E-state index contributed by atoms with van der Waals surface area (Å²) in [6.07, 6.45) is 0.00387. The van der Waals surface area contributed by atoms with Crippen molar-refractivity contribution in [3.05, 3.63) is 24.3 Å². The summed E-state index contributed by atoms with van der Waals surface area (Å²) in [5.41, 5.74) is 0. The lowest BCUT2D eigenvalue weighted by molar-refractivity contribution is 0.151. The Labute approximate surface area is 126 Å². The van der Waals surface area contributed by atoms with Gasteiger partial charge in [0, 0.05) is 30.4 Å². The van der Waals surface area contributed by atoms with Gasteiger partial charge in [0.15, 0.2) is 0 Å². The van der Waals surface area contributed by atoms with Gasteiger partial charge in [0.25, 0.3) is 0 Å². The Hall–Kier alpha value is -1.43. The van der Waals surface area contributed by atoms with E-state index in [1.807, 2.05) is 24.3 Å². The number of hydrogen-bond acceptors (Lipinski definition) is 3. The van der Waals surface area contributed by atoms with Crippen molar-refractivity contribution in [2.45, 2.75) is 6.42 Å². The van der Waals surface area contributed by atoms with Crippen molar-refractivity contribution in [2.75, 3.05) is 31.6 Å². The average Bonchev–Trinajstić information content (AvgIpc) is 2.92. The second-order valence-electron chi connectivity index (χ2n) is 4.71. The Morgan fingerprint density at radius 1 is 1.40 bits per heavy atom. The Morgan fingerprint density at radius 3 is 2.80 bits per heavy atom. The third-order valence-corrected chi connectivity index (χ3v) is 3.52. The first-order valence-corrected chi connectivity index (χ1v) is 7.70. The first-order chi connectivity index (χ1) is 9.69. The predicted octanol–water partition coefficient (Wildman–Crippen LogP) is 2.84. The quantitative estimate of drug-likeness (QED) is 0.807. The zero-order chi connectivity index (χ0) is 14.4. The van der Waals surface area contributed by atoms with E-state index in [4.69, 9.17) is 14.6 Å². The smallest absolute Gasteiger partial charge is 0.407 e. The molecule has 0 unspecified atom stereocenters. The summed E-state index contributed by atoms with van der Waals surface area (Å²) in [4.78, 5) is 12.3. The average molecular weight is 344 g/mol. The number of ether oxygens (including phenoxy) is 2. The van der Waals surface area contributed by atoms with Crippen LogP contribution in [-0.2, 0) is 0 Å². The highest BCUT2D eigenvalue weighted by Gasteiger charge is 2.26. The number of nitrogens with zero attached hydrogens (tertiary/aromatic N) is 1. The van der Waals surface area contributed by atoms with Crippen molar-refractivity contribution >= 4 is 22.0 Å². The summed E-state index contributed by atoms with van der Waals surface area (Å²) < 4.78 is 11.2. The number of likely N-dealkylation sites (tertiary alicyclic amines) is 1. The van der Waals surface area contributed by atoms with E-state index in [2.05, 4.69) is 15.9 Å². The van der Waals surface area contributed by atoms with Gasteiger partial charge in [-0.1, -0.05) is 22.0 Å². The van der Waals surface area contributed by atoms with Crippen LogP contribution in [0.2, 0.25) is 0 Å². The molecule has 6 heteroatoms. The van der Waals surface area contributed by atoms with E-state index < -0.39 is 6.09 Å². The molecule has 2 rings (SSSR count). The Balaban J connectivity index is 1.80. The monoisotopic (exact) mass is 343 g/mol. The second-order valence-corrected chi connectivity index (χ2v) is 5.50. The minimum Gasteiger partial charge on any atom is -0.493 e. The molecule has 0 saturated carbocycles. The summed E-state index contributed by atoms with van der Waals surface area (Å²) in [7, 11) is 0. The highest BCUT2D eigenvalue weighted by atomic mass is 79.9. The SMILES string of the molecule is O=C(O)N1CC[C@@H](COc2cccc(OCCBr)c2)C1.